The number of hydrogen-bond donors (Lipinski definition) is 1. The Bertz CT molecular complexity index is 1660. The van der Waals surface area contributed by atoms with Crippen molar-refractivity contribution in [3.8, 4) is 5.75 Å². The largest absolute Gasteiger partial charge is 0.497 e. The molecule has 0 saturated heterocycles. The van der Waals surface area contributed by atoms with Gasteiger partial charge in [-0.2, -0.15) is 0 Å². The Kier molecular flexibility index (Phi) is 10.6. The maximum atomic E-state index is 14.4. The van der Waals surface area contributed by atoms with Crippen molar-refractivity contribution in [1.29, 1.82) is 0 Å². The molecule has 0 heterocycles. The van der Waals surface area contributed by atoms with Gasteiger partial charge >= 0.3 is 0 Å². The third kappa shape index (κ3) is 8.03. The fourth-order valence-electron chi connectivity index (χ4n) is 4.69. The van der Waals surface area contributed by atoms with E-state index in [9.17, 15) is 18.0 Å². The van der Waals surface area contributed by atoms with E-state index in [0.717, 1.165) is 21.0 Å². The molecule has 0 aliphatic heterocycles. The number of nitrogens with one attached hydrogen (secondary N) is 1. The Morgan fingerprint density at radius 3 is 2.21 bits per heavy atom. The van der Waals surface area contributed by atoms with Crippen LogP contribution in [-0.4, -0.2) is 51.9 Å². The highest BCUT2D eigenvalue weighted by atomic mass is 79.9. The number of amides is 2. The van der Waals surface area contributed by atoms with E-state index >= 15 is 0 Å². The van der Waals surface area contributed by atoms with Gasteiger partial charge < -0.3 is 15.0 Å². The zero-order valence-corrected chi connectivity index (χ0v) is 26.6. The number of methoxy groups -OCH3 is 1. The maximum Gasteiger partial charge on any atom is 0.264 e. The fourth-order valence-corrected chi connectivity index (χ4v) is 6.48. The Morgan fingerprint density at radius 1 is 0.884 bits per heavy atom. The minimum absolute atomic E-state index is 0.0531. The first-order chi connectivity index (χ1) is 20.6. The second-order valence-corrected chi connectivity index (χ2v) is 12.8. The van der Waals surface area contributed by atoms with Crippen molar-refractivity contribution < 1.29 is 22.7 Å². The molecule has 224 valence electrons. The summed E-state index contributed by atoms with van der Waals surface area (Å²) < 4.78 is 35.2. The molecule has 0 fully saturated rings. The molecule has 4 aromatic rings. The van der Waals surface area contributed by atoms with Crippen molar-refractivity contribution in [3.63, 3.8) is 0 Å². The van der Waals surface area contributed by atoms with Crippen LogP contribution >= 0.6 is 15.9 Å². The number of anilines is 1. The quantitative estimate of drug-likeness (QED) is 0.221. The molecule has 0 aliphatic carbocycles. The Morgan fingerprint density at radius 2 is 1.56 bits per heavy atom. The van der Waals surface area contributed by atoms with Gasteiger partial charge in [0.1, 0.15) is 18.3 Å². The van der Waals surface area contributed by atoms with Gasteiger partial charge in [0.05, 0.1) is 17.7 Å². The maximum absolute atomic E-state index is 14.4. The zero-order valence-electron chi connectivity index (χ0n) is 24.2. The molecule has 2 amide bonds. The van der Waals surface area contributed by atoms with Gasteiger partial charge in [-0.05, 0) is 60.5 Å². The lowest BCUT2D eigenvalue weighted by Crippen LogP contribution is -2.53. The Balaban J connectivity index is 1.79. The smallest absolute Gasteiger partial charge is 0.264 e. The molecular weight excluding hydrogens is 630 g/mol. The van der Waals surface area contributed by atoms with Crippen LogP contribution in [0.3, 0.4) is 0 Å². The van der Waals surface area contributed by atoms with Gasteiger partial charge in [0.25, 0.3) is 10.0 Å². The normalized spacial score (nSPS) is 11.8. The number of ether oxygens (including phenoxy) is 1. The van der Waals surface area contributed by atoms with Crippen LogP contribution in [0.25, 0.3) is 0 Å². The predicted molar refractivity (Wildman–Crippen MR) is 171 cm³/mol. The van der Waals surface area contributed by atoms with E-state index < -0.39 is 28.5 Å². The number of aryl methyl sites for hydroxylation is 1. The molecule has 0 radical (unpaired) electrons. The van der Waals surface area contributed by atoms with Crippen LogP contribution in [0.1, 0.15) is 16.7 Å². The average molecular weight is 665 g/mol. The molecule has 0 bridgehead atoms. The van der Waals surface area contributed by atoms with Crippen LogP contribution in [0.15, 0.2) is 112 Å². The summed E-state index contributed by atoms with van der Waals surface area (Å²) in [4.78, 5) is 29.2. The lowest BCUT2D eigenvalue weighted by molar-refractivity contribution is -0.139. The lowest BCUT2D eigenvalue weighted by Gasteiger charge is -2.33. The summed E-state index contributed by atoms with van der Waals surface area (Å²) in [6.07, 6.45) is 0.234. The average Bonchev–Trinajstić information content (AvgIpc) is 3.01. The number of hydrogen-bond acceptors (Lipinski definition) is 5. The van der Waals surface area contributed by atoms with Crippen molar-refractivity contribution in [2.45, 2.75) is 30.8 Å². The summed E-state index contributed by atoms with van der Waals surface area (Å²) >= 11 is 3.42. The summed E-state index contributed by atoms with van der Waals surface area (Å²) in [5.74, 6) is -0.305. The predicted octanol–water partition coefficient (Wildman–Crippen LogP) is 5.35. The standard InChI is InChI=1S/C33H34BrN3O5S/c1-24-15-17-30(18-16-24)43(40,41)37(28-13-8-12-27(34)21-28)23-32(38)36(22-26-11-7-14-29(19-26)42-3)31(33(39)35-2)20-25-9-5-4-6-10-25/h4-19,21,31H,20,22-23H2,1-3H3,(H,35,39)/t31-/m0/s1. The van der Waals surface area contributed by atoms with Crippen LogP contribution in [0, 0.1) is 6.92 Å². The molecule has 0 saturated carbocycles. The molecule has 10 heteroatoms. The van der Waals surface area contributed by atoms with Crippen LogP contribution in [0.5, 0.6) is 5.75 Å². The number of rotatable bonds is 12. The second kappa shape index (κ2) is 14.3. The van der Waals surface area contributed by atoms with E-state index in [1.165, 1.54) is 24.1 Å². The van der Waals surface area contributed by atoms with Gasteiger partial charge in [-0.3, -0.25) is 13.9 Å². The highest BCUT2D eigenvalue weighted by Gasteiger charge is 2.34. The molecule has 4 aromatic carbocycles. The van der Waals surface area contributed by atoms with Gasteiger partial charge in [-0.1, -0.05) is 82.2 Å². The summed E-state index contributed by atoms with van der Waals surface area (Å²) in [7, 11) is -1.10. The molecule has 0 aliphatic rings. The van der Waals surface area contributed by atoms with Gasteiger partial charge in [0.2, 0.25) is 11.8 Å². The zero-order chi connectivity index (χ0) is 31.0. The van der Waals surface area contributed by atoms with E-state index in [4.69, 9.17) is 4.74 Å². The fraction of sp³-hybridized carbons (Fsp3) is 0.212. The van der Waals surface area contributed by atoms with E-state index in [1.54, 1.807) is 61.7 Å². The van der Waals surface area contributed by atoms with E-state index in [1.807, 2.05) is 43.3 Å². The molecule has 1 N–H and O–H groups in total. The van der Waals surface area contributed by atoms with E-state index in [0.29, 0.717) is 15.9 Å². The summed E-state index contributed by atoms with van der Waals surface area (Å²) in [5, 5.41) is 2.69. The van der Waals surface area contributed by atoms with Crippen molar-refractivity contribution in [2.24, 2.45) is 0 Å². The highest BCUT2D eigenvalue weighted by Crippen LogP contribution is 2.28. The van der Waals surface area contributed by atoms with Crippen LogP contribution in [0.2, 0.25) is 0 Å². The summed E-state index contributed by atoms with van der Waals surface area (Å²) in [6, 6.07) is 28.9. The SMILES string of the molecule is CNC(=O)[C@H](Cc1ccccc1)N(Cc1cccc(OC)c1)C(=O)CN(c1cccc(Br)c1)S(=O)(=O)c1ccc(C)cc1. The van der Waals surface area contributed by atoms with Crippen molar-refractivity contribution >= 4 is 43.5 Å². The van der Waals surface area contributed by atoms with Crippen molar-refractivity contribution in [2.75, 3.05) is 25.0 Å². The molecule has 0 aromatic heterocycles. The monoisotopic (exact) mass is 663 g/mol. The summed E-state index contributed by atoms with van der Waals surface area (Å²) in [5.41, 5.74) is 2.80. The third-order valence-electron chi connectivity index (χ3n) is 6.99. The molecule has 1 atom stereocenters. The first kappa shape index (κ1) is 31.8. The lowest BCUT2D eigenvalue weighted by atomic mass is 10.0. The molecule has 4 rings (SSSR count). The topological polar surface area (TPSA) is 96.0 Å². The third-order valence-corrected chi connectivity index (χ3v) is 9.27. The molecule has 0 spiro atoms. The van der Waals surface area contributed by atoms with Gasteiger partial charge in [0, 0.05) is 24.5 Å². The molecule has 43 heavy (non-hydrogen) atoms. The number of carbonyl (C=O) groups excluding carboxylic acids is 2. The number of nitrogens with zero attached hydrogens (tertiary/aromatic N) is 2. The number of likely N-dealkylation sites (N-methyl/N-ethyl adjacent to an activating group) is 1. The number of sulfonamides is 1. The van der Waals surface area contributed by atoms with Crippen LogP contribution < -0.4 is 14.4 Å². The number of carbonyl (C=O) groups is 2. The summed E-state index contributed by atoms with van der Waals surface area (Å²) in [6.45, 7) is 1.39. The Hall–Kier alpha value is -4.15. The molecular formula is C33H34BrN3O5S. The molecule has 0 unspecified atom stereocenters. The van der Waals surface area contributed by atoms with Gasteiger partial charge in [-0.15, -0.1) is 0 Å². The molecule has 8 nitrogen and oxygen atoms in total. The van der Waals surface area contributed by atoms with E-state index in [-0.39, 0.29) is 23.8 Å². The first-order valence-electron chi connectivity index (χ1n) is 13.6. The number of halogens is 1. The van der Waals surface area contributed by atoms with Gasteiger partial charge in [-0.25, -0.2) is 8.42 Å². The highest BCUT2D eigenvalue weighted by molar-refractivity contribution is 9.10. The number of benzene rings is 4. The van der Waals surface area contributed by atoms with Gasteiger partial charge in [0.15, 0.2) is 0 Å². The Labute approximate surface area is 261 Å². The minimum Gasteiger partial charge on any atom is -0.497 e. The first-order valence-corrected chi connectivity index (χ1v) is 15.9. The minimum atomic E-state index is -4.17. The van der Waals surface area contributed by atoms with Crippen molar-refractivity contribution in [3.05, 3.63) is 124 Å². The van der Waals surface area contributed by atoms with Crippen LogP contribution in [0.4, 0.5) is 5.69 Å². The van der Waals surface area contributed by atoms with E-state index in [2.05, 4.69) is 21.2 Å². The second-order valence-electron chi connectivity index (χ2n) is 10.00. The van der Waals surface area contributed by atoms with Crippen LogP contribution in [-0.2, 0) is 32.6 Å². The van der Waals surface area contributed by atoms with Crippen molar-refractivity contribution in [1.82, 2.24) is 10.2 Å².